The van der Waals surface area contributed by atoms with Gasteiger partial charge in [0.2, 0.25) is 0 Å². The molecule has 0 aliphatic heterocycles. The predicted molar refractivity (Wildman–Crippen MR) is 44.1 cm³/mol. The topological polar surface area (TPSA) is 35.5 Å². The van der Waals surface area contributed by atoms with Crippen molar-refractivity contribution in [2.24, 2.45) is 0 Å². The second-order valence-corrected chi connectivity index (χ2v) is 3.17. The summed E-state index contributed by atoms with van der Waals surface area (Å²) in [6.07, 6.45) is 0. The Morgan fingerprint density at radius 2 is 2.23 bits per heavy atom. The van der Waals surface area contributed by atoms with Gasteiger partial charge in [-0.05, 0) is 0 Å². The van der Waals surface area contributed by atoms with E-state index in [0.29, 0.717) is 0 Å². The molecule has 1 aromatic carbocycles. The number of rotatable bonds is 2. The van der Waals surface area contributed by atoms with Gasteiger partial charge in [-0.1, -0.05) is 0 Å². The number of benzene rings is 1. The molecule has 3 nitrogen and oxygen atoms in total. The summed E-state index contributed by atoms with van der Waals surface area (Å²) in [6.45, 7) is 0. The average molecular weight is 374 g/mol. The van der Waals surface area contributed by atoms with Crippen LogP contribution in [0.25, 0.3) is 0 Å². The Kier molecular flexibility index (Phi) is 3.64. The minimum atomic E-state index is -0.554. The molecule has 0 aliphatic rings. The van der Waals surface area contributed by atoms with Crippen LogP contribution in [0.5, 0.6) is 5.75 Å². The molecule has 1 rings (SSSR count). The van der Waals surface area contributed by atoms with Gasteiger partial charge in [-0.2, -0.15) is 0 Å². The molecule has 0 aromatic heterocycles. The summed E-state index contributed by atoms with van der Waals surface area (Å²) in [5, 5.41) is 0. The molecule has 66 valence electrons. The van der Waals surface area contributed by atoms with Crippen molar-refractivity contribution in [1.82, 2.24) is 0 Å². The molecular formula is C8H6FO3Tl. The van der Waals surface area contributed by atoms with Crippen molar-refractivity contribution < 1.29 is 16.6 Å². The van der Waals surface area contributed by atoms with E-state index in [4.69, 9.17) is 2.69 Å². The van der Waals surface area contributed by atoms with E-state index in [-0.39, 0.29) is 37.5 Å². The van der Waals surface area contributed by atoms with Crippen molar-refractivity contribution in [3.63, 3.8) is 0 Å². The Balaban J connectivity index is 3.02. The van der Waals surface area contributed by atoms with Gasteiger partial charge in [0.05, 0.1) is 0 Å². The fourth-order valence-electron chi connectivity index (χ4n) is 0.841. The van der Waals surface area contributed by atoms with Crippen molar-refractivity contribution >= 4 is 32.2 Å². The first-order valence-corrected chi connectivity index (χ1v) is 5.27. The van der Waals surface area contributed by atoms with Crippen LogP contribution in [0.2, 0.25) is 0 Å². The van der Waals surface area contributed by atoms with Gasteiger partial charge < -0.3 is 0 Å². The van der Waals surface area contributed by atoms with E-state index in [1.54, 1.807) is 0 Å². The second-order valence-electron chi connectivity index (χ2n) is 2.25. The average Bonchev–Trinajstić information content (AvgIpc) is 2.16. The van der Waals surface area contributed by atoms with Crippen LogP contribution in [-0.2, 0) is 4.74 Å². The number of carbonyl (C=O) groups excluding carboxylic acids is 1. The Morgan fingerprint density at radius 3 is 2.69 bits per heavy atom. The van der Waals surface area contributed by atoms with E-state index < -0.39 is 11.8 Å². The molecule has 0 fully saturated rings. The minimum absolute atomic E-state index is 0.178. The molecule has 0 saturated heterocycles. The van der Waals surface area contributed by atoms with Crippen molar-refractivity contribution in [3.8, 4) is 5.75 Å². The third-order valence-corrected chi connectivity index (χ3v) is 2.47. The Morgan fingerprint density at radius 1 is 1.54 bits per heavy atom. The number of methoxy groups -OCH3 is 1. The van der Waals surface area contributed by atoms with E-state index in [1.165, 1.54) is 19.2 Å². The number of carbonyl (C=O) groups is 1. The first-order chi connectivity index (χ1) is 6.19. The molecule has 0 bridgehead atoms. The molecule has 0 aliphatic carbocycles. The number of hydrogen-bond acceptors (Lipinski definition) is 3. The maximum absolute atomic E-state index is 13.0. The molecule has 0 amide bonds. The van der Waals surface area contributed by atoms with Crippen molar-refractivity contribution in [2.45, 2.75) is 0 Å². The predicted octanol–water partition coefficient (Wildman–Crippen LogP) is 1.07. The summed E-state index contributed by atoms with van der Waals surface area (Å²) in [6, 6.07) is 3.98. The molecule has 0 saturated carbocycles. The normalized spacial score (nSPS) is 9.31. The third kappa shape index (κ3) is 2.39. The fraction of sp³-hybridized carbons (Fsp3) is 0.125. The fourth-order valence-corrected chi connectivity index (χ4v) is 1.58. The Labute approximate surface area is 91.2 Å². The first kappa shape index (κ1) is 10.4. The first-order valence-electron chi connectivity index (χ1n) is 3.43. The van der Waals surface area contributed by atoms with Crippen LogP contribution in [-0.4, -0.2) is 39.3 Å². The summed E-state index contributed by atoms with van der Waals surface area (Å²) in [5.41, 5.74) is 0.186. The van der Waals surface area contributed by atoms with Gasteiger partial charge in [-0.3, -0.25) is 0 Å². The van der Waals surface area contributed by atoms with E-state index in [2.05, 4.69) is 4.74 Å². The van der Waals surface area contributed by atoms with Gasteiger partial charge in [0, 0.05) is 0 Å². The molecule has 5 heteroatoms. The quantitative estimate of drug-likeness (QED) is 0.575. The maximum atomic E-state index is 13.0. The van der Waals surface area contributed by atoms with Gasteiger partial charge in [-0.15, -0.1) is 0 Å². The van der Waals surface area contributed by atoms with Crippen LogP contribution in [0, 0.1) is 5.82 Å². The van der Waals surface area contributed by atoms with Crippen LogP contribution in [0.4, 0.5) is 4.39 Å². The van der Waals surface area contributed by atoms with Gasteiger partial charge >= 0.3 is 91.2 Å². The molecule has 13 heavy (non-hydrogen) atoms. The van der Waals surface area contributed by atoms with Crippen molar-refractivity contribution in [3.05, 3.63) is 29.6 Å². The molecule has 0 spiro atoms. The standard InChI is InChI=1S/C8H7FO3.Tl/c1-12-8(11)5-2-3-7(10)6(9)4-5;/h2-4,10H,1H3;/q;+1/p-1. The Bertz CT molecular complexity index is 327. The number of ether oxygens (including phenoxy) is 1. The summed E-state index contributed by atoms with van der Waals surface area (Å²) < 4.78 is 22.3. The van der Waals surface area contributed by atoms with Crippen LogP contribution in [0.3, 0.4) is 0 Å². The van der Waals surface area contributed by atoms with E-state index in [0.717, 1.165) is 6.07 Å². The van der Waals surface area contributed by atoms with Crippen LogP contribution < -0.4 is 2.69 Å². The second kappa shape index (κ2) is 4.54. The zero-order chi connectivity index (χ0) is 9.84. The van der Waals surface area contributed by atoms with Crippen molar-refractivity contribution in [1.29, 1.82) is 0 Å². The number of halogens is 1. The molecule has 0 radical (unpaired) electrons. The number of esters is 1. The monoisotopic (exact) mass is 374 g/mol. The van der Waals surface area contributed by atoms with E-state index in [9.17, 15) is 9.18 Å². The molecule has 0 atom stereocenters. The van der Waals surface area contributed by atoms with Crippen LogP contribution >= 0.6 is 0 Å². The summed E-state index contributed by atoms with van der Waals surface area (Å²) in [5.74, 6) is -0.913. The molecule has 1 aromatic rings. The summed E-state index contributed by atoms with van der Waals surface area (Å²) in [7, 11) is 1.25. The zero-order valence-corrected chi connectivity index (χ0v) is 11.4. The van der Waals surface area contributed by atoms with Gasteiger partial charge in [0.1, 0.15) is 0 Å². The van der Waals surface area contributed by atoms with Gasteiger partial charge in [0.15, 0.2) is 0 Å². The summed E-state index contributed by atoms with van der Waals surface area (Å²) in [4.78, 5) is 10.9. The van der Waals surface area contributed by atoms with E-state index >= 15 is 0 Å². The molecular weight excluding hydrogens is 367 g/mol. The van der Waals surface area contributed by atoms with Crippen molar-refractivity contribution in [2.75, 3.05) is 7.11 Å². The van der Waals surface area contributed by atoms with Crippen LogP contribution in [0.1, 0.15) is 10.4 Å². The van der Waals surface area contributed by atoms with Gasteiger partial charge in [-0.25, -0.2) is 0 Å². The molecule has 0 heterocycles. The van der Waals surface area contributed by atoms with Gasteiger partial charge in [0.25, 0.3) is 0 Å². The molecule has 0 unspecified atom stereocenters. The van der Waals surface area contributed by atoms with Crippen LogP contribution in [0.15, 0.2) is 18.2 Å². The summed E-state index contributed by atoms with van der Waals surface area (Å²) >= 11 is 0.225. The SMILES string of the molecule is COC(=O)c1ccc([O][Tl])c(F)c1. The Hall–Kier alpha value is -0.658. The molecule has 0 N–H and O–H groups in total. The number of hydrogen-bond donors (Lipinski definition) is 0. The zero-order valence-electron chi connectivity index (χ0n) is 6.91. The third-order valence-electron chi connectivity index (χ3n) is 1.48. The van der Waals surface area contributed by atoms with E-state index in [1.807, 2.05) is 0 Å².